The third kappa shape index (κ3) is 2.45. The fraction of sp³-hybridized carbons (Fsp3) is 0.611. The number of carbonyl (C=O) groups is 1. The molecule has 2 aliphatic rings. The minimum Gasteiger partial charge on any atom is -0.349 e. The van der Waals surface area contributed by atoms with Gasteiger partial charge in [0.1, 0.15) is 0 Å². The van der Waals surface area contributed by atoms with Crippen LogP contribution in [-0.2, 0) is 6.18 Å². The molecule has 1 aromatic carbocycles. The zero-order valence-electron chi connectivity index (χ0n) is 13.6. The lowest BCUT2D eigenvalue weighted by Crippen LogP contribution is -2.46. The molecule has 0 aromatic heterocycles. The average Bonchev–Trinajstić information content (AvgIpc) is 2.80. The molecule has 23 heavy (non-hydrogen) atoms. The molecule has 1 amide bonds. The van der Waals surface area contributed by atoms with Gasteiger partial charge in [0.05, 0.1) is 5.56 Å². The van der Waals surface area contributed by atoms with E-state index in [9.17, 15) is 18.0 Å². The topological polar surface area (TPSA) is 29.1 Å². The van der Waals surface area contributed by atoms with Crippen LogP contribution in [0.25, 0.3) is 0 Å². The summed E-state index contributed by atoms with van der Waals surface area (Å²) >= 11 is 0. The molecule has 126 valence electrons. The highest BCUT2D eigenvalue weighted by atomic mass is 19.4. The molecule has 5 heteroatoms. The molecule has 2 bridgehead atoms. The number of rotatable bonds is 2. The highest BCUT2D eigenvalue weighted by Crippen LogP contribution is 2.65. The van der Waals surface area contributed by atoms with Crippen molar-refractivity contribution in [3.05, 3.63) is 35.4 Å². The fourth-order valence-corrected chi connectivity index (χ4v) is 4.50. The lowest BCUT2D eigenvalue weighted by atomic mass is 9.69. The number of hydrogen-bond donors (Lipinski definition) is 1. The van der Waals surface area contributed by atoms with Gasteiger partial charge in [-0.1, -0.05) is 26.8 Å². The van der Waals surface area contributed by atoms with Gasteiger partial charge in [0.25, 0.3) is 5.91 Å². The van der Waals surface area contributed by atoms with Crippen molar-refractivity contribution in [2.24, 2.45) is 16.7 Å². The normalized spacial score (nSPS) is 32.1. The molecule has 0 radical (unpaired) electrons. The van der Waals surface area contributed by atoms with Crippen molar-refractivity contribution in [3.8, 4) is 0 Å². The quantitative estimate of drug-likeness (QED) is 0.842. The zero-order chi connectivity index (χ0) is 17.0. The summed E-state index contributed by atoms with van der Waals surface area (Å²) in [4.78, 5) is 12.4. The van der Waals surface area contributed by atoms with Crippen molar-refractivity contribution in [1.29, 1.82) is 0 Å². The van der Waals surface area contributed by atoms with Crippen LogP contribution in [0.5, 0.6) is 0 Å². The third-order valence-corrected chi connectivity index (χ3v) is 6.55. The van der Waals surface area contributed by atoms with Gasteiger partial charge < -0.3 is 5.32 Å². The molecule has 0 aliphatic heterocycles. The SMILES string of the molecule is CC1(C)[C@H]2CC[C@@]1(C)[C@@H](NC(=O)c1cccc(C(F)(F)F)c1)C2. The average molecular weight is 325 g/mol. The molecule has 1 N–H and O–H groups in total. The second-order valence-corrected chi connectivity index (χ2v) is 7.72. The first-order valence-electron chi connectivity index (χ1n) is 8.04. The Morgan fingerprint density at radius 2 is 1.96 bits per heavy atom. The van der Waals surface area contributed by atoms with Gasteiger partial charge in [-0.25, -0.2) is 0 Å². The van der Waals surface area contributed by atoms with Gasteiger partial charge in [-0.15, -0.1) is 0 Å². The molecule has 0 saturated heterocycles. The van der Waals surface area contributed by atoms with E-state index in [1.165, 1.54) is 18.6 Å². The first kappa shape index (κ1) is 16.3. The summed E-state index contributed by atoms with van der Waals surface area (Å²) in [5, 5.41) is 3.00. The Morgan fingerprint density at radius 3 is 2.48 bits per heavy atom. The smallest absolute Gasteiger partial charge is 0.349 e. The number of carbonyl (C=O) groups excluding carboxylic acids is 1. The predicted octanol–water partition coefficient (Wildman–Crippen LogP) is 4.65. The number of amides is 1. The molecule has 0 spiro atoms. The zero-order valence-corrected chi connectivity index (χ0v) is 13.6. The first-order chi connectivity index (χ1) is 10.6. The van der Waals surface area contributed by atoms with Crippen molar-refractivity contribution in [2.45, 2.75) is 52.3 Å². The third-order valence-electron chi connectivity index (χ3n) is 6.55. The first-order valence-corrected chi connectivity index (χ1v) is 8.04. The number of alkyl halides is 3. The van der Waals surface area contributed by atoms with E-state index in [2.05, 4.69) is 26.1 Å². The molecular formula is C18H22F3NO. The van der Waals surface area contributed by atoms with Crippen molar-refractivity contribution in [1.82, 2.24) is 5.32 Å². The van der Waals surface area contributed by atoms with Crippen LogP contribution in [0.15, 0.2) is 24.3 Å². The summed E-state index contributed by atoms with van der Waals surface area (Å²) < 4.78 is 38.4. The number of fused-ring (bicyclic) bond motifs is 2. The van der Waals surface area contributed by atoms with Crippen LogP contribution in [0.3, 0.4) is 0 Å². The Balaban J connectivity index is 1.79. The molecule has 2 fully saturated rings. The van der Waals surface area contributed by atoms with Crippen molar-refractivity contribution in [3.63, 3.8) is 0 Å². The van der Waals surface area contributed by atoms with Crippen molar-refractivity contribution in [2.75, 3.05) is 0 Å². The van der Waals surface area contributed by atoms with E-state index in [-0.39, 0.29) is 22.4 Å². The number of nitrogens with one attached hydrogen (secondary N) is 1. The fourth-order valence-electron chi connectivity index (χ4n) is 4.50. The number of hydrogen-bond acceptors (Lipinski definition) is 1. The van der Waals surface area contributed by atoms with E-state index >= 15 is 0 Å². The summed E-state index contributed by atoms with van der Waals surface area (Å²) in [5.74, 6) is 0.157. The van der Waals surface area contributed by atoms with Crippen LogP contribution in [0.2, 0.25) is 0 Å². The van der Waals surface area contributed by atoms with Gasteiger partial charge in [0.2, 0.25) is 0 Å². The summed E-state index contributed by atoms with van der Waals surface area (Å²) in [5.41, 5.74) is -0.554. The van der Waals surface area contributed by atoms with Gasteiger partial charge in [0, 0.05) is 11.6 Å². The standard InChI is InChI=1S/C18H22F3NO/c1-16(2)12-7-8-17(16,3)14(10-12)22-15(23)11-5-4-6-13(9-11)18(19,20)21/h4-6,9,12,14H,7-8,10H2,1-3H3,(H,22,23)/t12-,14-,17-/m0/s1. The summed E-state index contributed by atoms with van der Waals surface area (Å²) in [6.45, 7) is 6.67. The van der Waals surface area contributed by atoms with E-state index in [1.807, 2.05) is 0 Å². The lowest BCUT2D eigenvalue weighted by Gasteiger charge is -2.39. The highest BCUT2D eigenvalue weighted by molar-refractivity contribution is 5.94. The molecular weight excluding hydrogens is 303 g/mol. The Hall–Kier alpha value is -1.52. The van der Waals surface area contributed by atoms with Gasteiger partial charge in [0.15, 0.2) is 0 Å². The summed E-state index contributed by atoms with van der Waals surface area (Å²) in [6, 6.07) is 4.66. The van der Waals surface area contributed by atoms with Gasteiger partial charge >= 0.3 is 6.18 Å². The van der Waals surface area contributed by atoms with Crippen LogP contribution in [0.4, 0.5) is 13.2 Å². The molecule has 3 rings (SSSR count). The van der Waals surface area contributed by atoms with Crippen LogP contribution < -0.4 is 5.32 Å². The maximum atomic E-state index is 12.8. The molecule has 2 saturated carbocycles. The highest BCUT2D eigenvalue weighted by Gasteiger charge is 2.61. The monoisotopic (exact) mass is 325 g/mol. The number of halogens is 3. The summed E-state index contributed by atoms with van der Waals surface area (Å²) in [6.07, 6.45) is -1.30. The van der Waals surface area contributed by atoms with Crippen LogP contribution in [0, 0.1) is 16.7 Å². The van der Waals surface area contributed by atoms with Crippen LogP contribution >= 0.6 is 0 Å². The van der Waals surface area contributed by atoms with E-state index < -0.39 is 17.6 Å². The van der Waals surface area contributed by atoms with E-state index in [0.717, 1.165) is 25.0 Å². The predicted molar refractivity (Wildman–Crippen MR) is 81.9 cm³/mol. The summed E-state index contributed by atoms with van der Waals surface area (Å²) in [7, 11) is 0. The molecule has 2 nitrogen and oxygen atoms in total. The van der Waals surface area contributed by atoms with Gasteiger partial charge in [-0.05, 0) is 54.2 Å². The van der Waals surface area contributed by atoms with Gasteiger partial charge in [-0.3, -0.25) is 4.79 Å². The van der Waals surface area contributed by atoms with Crippen LogP contribution in [-0.4, -0.2) is 11.9 Å². The maximum Gasteiger partial charge on any atom is 0.416 e. The largest absolute Gasteiger partial charge is 0.416 e. The molecule has 0 heterocycles. The second-order valence-electron chi connectivity index (χ2n) is 7.72. The number of benzene rings is 1. The van der Waals surface area contributed by atoms with Crippen molar-refractivity contribution >= 4 is 5.91 Å². The second kappa shape index (κ2) is 4.99. The Labute approximate surface area is 134 Å². The molecule has 2 aliphatic carbocycles. The molecule has 1 aromatic rings. The van der Waals surface area contributed by atoms with Crippen LogP contribution in [0.1, 0.15) is 56.0 Å². The Bertz CT molecular complexity index is 637. The minimum absolute atomic E-state index is 0.00889. The van der Waals surface area contributed by atoms with E-state index in [4.69, 9.17) is 0 Å². The molecule has 0 unspecified atom stereocenters. The minimum atomic E-state index is -4.43. The Morgan fingerprint density at radius 1 is 1.26 bits per heavy atom. The lowest BCUT2D eigenvalue weighted by molar-refractivity contribution is -0.137. The molecule has 3 atom stereocenters. The van der Waals surface area contributed by atoms with Crippen molar-refractivity contribution < 1.29 is 18.0 Å². The van der Waals surface area contributed by atoms with E-state index in [1.54, 1.807) is 0 Å². The van der Waals surface area contributed by atoms with E-state index in [0.29, 0.717) is 5.92 Å². The maximum absolute atomic E-state index is 12.8. The van der Waals surface area contributed by atoms with Gasteiger partial charge in [-0.2, -0.15) is 13.2 Å². The Kier molecular flexibility index (Phi) is 3.54.